The van der Waals surface area contributed by atoms with Crippen LogP contribution in [0.25, 0.3) is 0 Å². The van der Waals surface area contributed by atoms with Crippen LogP contribution in [-0.2, 0) is 25.5 Å². The number of likely N-dealkylation sites (tertiary alicyclic amines) is 1. The van der Waals surface area contributed by atoms with Gasteiger partial charge in [0, 0.05) is 19.5 Å². The summed E-state index contributed by atoms with van der Waals surface area (Å²) < 4.78 is 18.5. The zero-order chi connectivity index (χ0) is 21.6. The van der Waals surface area contributed by atoms with Crippen LogP contribution >= 0.6 is 0 Å². The molecule has 7 nitrogen and oxygen atoms in total. The zero-order valence-electron chi connectivity index (χ0n) is 16.5. The first kappa shape index (κ1) is 20.0. The van der Waals surface area contributed by atoms with Crippen molar-refractivity contribution in [1.29, 1.82) is 0 Å². The smallest absolute Gasteiger partial charge is 0.327 e. The minimum absolute atomic E-state index is 0.0687. The van der Waals surface area contributed by atoms with E-state index in [0.717, 1.165) is 4.90 Å². The Morgan fingerprint density at radius 2 is 1.77 bits per heavy atom. The zero-order valence-corrected chi connectivity index (χ0v) is 16.5. The molecule has 0 spiro atoms. The molecule has 0 bridgehead atoms. The first-order valence-electron chi connectivity index (χ1n) is 9.49. The summed E-state index contributed by atoms with van der Waals surface area (Å²) in [6.45, 7) is 0. The van der Waals surface area contributed by atoms with Gasteiger partial charge < -0.3 is 9.84 Å². The molecule has 30 heavy (non-hydrogen) atoms. The number of ether oxygens (including phenoxy) is 1. The quantitative estimate of drug-likeness (QED) is 0.585. The summed E-state index contributed by atoms with van der Waals surface area (Å²) in [4.78, 5) is 40.1. The summed E-state index contributed by atoms with van der Waals surface area (Å²) in [5, 5.41) is 12.8. The third-order valence-corrected chi connectivity index (χ3v) is 6.07. The average molecular weight is 412 g/mol. The lowest BCUT2D eigenvalue weighted by Crippen LogP contribution is -2.57. The fraction of sp³-hybridized carbons (Fsp3) is 0.318. The molecule has 4 atom stereocenters. The number of esters is 1. The van der Waals surface area contributed by atoms with Crippen LogP contribution in [0.4, 0.5) is 4.39 Å². The van der Waals surface area contributed by atoms with Gasteiger partial charge in [-0.15, -0.1) is 0 Å². The van der Waals surface area contributed by atoms with Gasteiger partial charge >= 0.3 is 5.97 Å². The molecule has 2 aromatic rings. The molecule has 2 amide bonds. The maximum atomic E-state index is 13.5. The Balaban J connectivity index is 1.84. The van der Waals surface area contributed by atoms with Gasteiger partial charge in [0.05, 0.1) is 18.9 Å². The van der Waals surface area contributed by atoms with Crippen LogP contribution in [-0.4, -0.2) is 47.5 Å². The number of nitrogens with one attached hydrogen (secondary N) is 1. The number of nitrogens with zero attached hydrogens (tertiary/aromatic N) is 1. The number of carbonyl (C=O) groups is 3. The molecular formula is C22H21FN2O5. The Hall–Kier alpha value is -3.26. The molecule has 2 fully saturated rings. The standard InChI is InChI=1S/C22H21FN2O5/c1-25-19(27)16-17(20(25)28)22(21(29)30-2,11-12-3-9-15(26)10-4-12)24-18(16)13-5-7-14(23)8-6-13/h3-10,16-18,24,26H,11H2,1-2H3/t16-,17+,18-,22+/m0/s1. The highest BCUT2D eigenvalue weighted by molar-refractivity contribution is 6.09. The van der Waals surface area contributed by atoms with Crippen LogP contribution in [0.2, 0.25) is 0 Å². The fourth-order valence-electron chi connectivity index (χ4n) is 4.64. The van der Waals surface area contributed by atoms with E-state index in [9.17, 15) is 23.9 Å². The average Bonchev–Trinajstić information content (AvgIpc) is 3.20. The molecule has 2 heterocycles. The second-order valence-corrected chi connectivity index (χ2v) is 7.72. The van der Waals surface area contributed by atoms with Crippen molar-refractivity contribution in [2.75, 3.05) is 14.2 Å². The molecule has 2 saturated heterocycles. The molecule has 2 aromatic carbocycles. The van der Waals surface area contributed by atoms with Crippen molar-refractivity contribution in [3.63, 3.8) is 0 Å². The Morgan fingerprint density at radius 1 is 1.13 bits per heavy atom. The molecule has 156 valence electrons. The van der Waals surface area contributed by atoms with E-state index < -0.39 is 47.0 Å². The highest BCUT2D eigenvalue weighted by Crippen LogP contribution is 2.50. The number of carbonyl (C=O) groups excluding carboxylic acids is 3. The van der Waals surface area contributed by atoms with Crippen LogP contribution < -0.4 is 5.32 Å². The second kappa shape index (κ2) is 7.21. The minimum atomic E-state index is -1.49. The van der Waals surface area contributed by atoms with E-state index in [1.807, 2.05) is 0 Å². The van der Waals surface area contributed by atoms with Gasteiger partial charge in [-0.2, -0.15) is 0 Å². The van der Waals surface area contributed by atoms with Crippen molar-refractivity contribution in [2.45, 2.75) is 18.0 Å². The predicted molar refractivity (Wildman–Crippen MR) is 104 cm³/mol. The normalized spacial score (nSPS) is 28.0. The summed E-state index contributed by atoms with van der Waals surface area (Å²) in [5.74, 6) is -3.70. The Kier molecular flexibility index (Phi) is 4.82. The van der Waals surface area contributed by atoms with E-state index in [0.29, 0.717) is 11.1 Å². The number of methoxy groups -OCH3 is 1. The number of amides is 2. The number of benzene rings is 2. The van der Waals surface area contributed by atoms with E-state index in [1.54, 1.807) is 12.1 Å². The Bertz CT molecular complexity index is 1010. The van der Waals surface area contributed by atoms with Gasteiger partial charge in [-0.25, -0.2) is 4.39 Å². The number of imide groups is 1. The number of hydrogen-bond donors (Lipinski definition) is 2. The number of hydrogen-bond acceptors (Lipinski definition) is 6. The molecule has 0 unspecified atom stereocenters. The highest BCUT2D eigenvalue weighted by Gasteiger charge is 2.68. The van der Waals surface area contributed by atoms with E-state index in [1.165, 1.54) is 50.6 Å². The summed E-state index contributed by atoms with van der Waals surface area (Å²) >= 11 is 0. The molecule has 2 N–H and O–H groups in total. The number of halogens is 1. The maximum absolute atomic E-state index is 13.5. The van der Waals surface area contributed by atoms with Crippen molar-refractivity contribution in [1.82, 2.24) is 10.2 Å². The third kappa shape index (κ3) is 2.95. The number of rotatable bonds is 4. The topological polar surface area (TPSA) is 95.9 Å². The van der Waals surface area contributed by atoms with E-state index in [-0.39, 0.29) is 12.2 Å². The lowest BCUT2D eigenvalue weighted by atomic mass is 9.76. The first-order valence-corrected chi connectivity index (χ1v) is 9.49. The Labute approximate surface area is 172 Å². The molecule has 0 aromatic heterocycles. The van der Waals surface area contributed by atoms with Crippen molar-refractivity contribution < 1.29 is 28.6 Å². The summed E-state index contributed by atoms with van der Waals surface area (Å²) in [5.41, 5.74) is -0.217. The minimum Gasteiger partial charge on any atom is -0.508 e. The number of fused-ring (bicyclic) bond motifs is 1. The molecular weight excluding hydrogens is 391 g/mol. The highest BCUT2D eigenvalue weighted by atomic mass is 19.1. The van der Waals surface area contributed by atoms with Gasteiger partial charge in [0.25, 0.3) is 0 Å². The van der Waals surface area contributed by atoms with Crippen LogP contribution in [0.1, 0.15) is 17.2 Å². The van der Waals surface area contributed by atoms with Gasteiger partial charge in [-0.1, -0.05) is 24.3 Å². The van der Waals surface area contributed by atoms with Crippen LogP contribution in [0.15, 0.2) is 48.5 Å². The molecule has 2 aliphatic rings. The SMILES string of the molecule is COC(=O)[C@]1(Cc2ccc(O)cc2)N[C@@H](c2ccc(F)cc2)[C@H]2C(=O)N(C)C(=O)[C@@H]21. The maximum Gasteiger partial charge on any atom is 0.327 e. The summed E-state index contributed by atoms with van der Waals surface area (Å²) in [6, 6.07) is 11.2. The van der Waals surface area contributed by atoms with Gasteiger partial charge in [-0.05, 0) is 35.4 Å². The van der Waals surface area contributed by atoms with Gasteiger partial charge in [0.2, 0.25) is 11.8 Å². The summed E-state index contributed by atoms with van der Waals surface area (Å²) in [7, 11) is 2.63. The van der Waals surface area contributed by atoms with Crippen molar-refractivity contribution in [3.05, 3.63) is 65.5 Å². The van der Waals surface area contributed by atoms with Gasteiger partial charge in [0.15, 0.2) is 0 Å². The largest absolute Gasteiger partial charge is 0.508 e. The molecule has 0 aliphatic carbocycles. The first-order chi connectivity index (χ1) is 14.3. The molecule has 8 heteroatoms. The van der Waals surface area contributed by atoms with Crippen LogP contribution in [0.5, 0.6) is 5.75 Å². The Morgan fingerprint density at radius 3 is 2.37 bits per heavy atom. The second-order valence-electron chi connectivity index (χ2n) is 7.72. The van der Waals surface area contributed by atoms with E-state index >= 15 is 0 Å². The predicted octanol–water partition coefficient (Wildman–Crippen LogP) is 1.56. The monoisotopic (exact) mass is 412 g/mol. The summed E-state index contributed by atoms with van der Waals surface area (Å²) in [6.07, 6.45) is 0.0751. The fourth-order valence-corrected chi connectivity index (χ4v) is 4.64. The third-order valence-electron chi connectivity index (χ3n) is 6.07. The van der Waals surface area contributed by atoms with Crippen molar-refractivity contribution in [3.8, 4) is 5.75 Å². The molecule has 0 saturated carbocycles. The number of aromatic hydroxyl groups is 1. The number of phenolic OH excluding ortho intramolecular Hbond substituents is 1. The lowest BCUT2D eigenvalue weighted by Gasteiger charge is -2.32. The lowest BCUT2D eigenvalue weighted by molar-refractivity contribution is -0.153. The van der Waals surface area contributed by atoms with Gasteiger partial charge in [0.1, 0.15) is 17.1 Å². The van der Waals surface area contributed by atoms with Gasteiger partial charge in [-0.3, -0.25) is 24.6 Å². The molecule has 0 radical (unpaired) electrons. The molecule has 4 rings (SSSR count). The van der Waals surface area contributed by atoms with Crippen LogP contribution in [0, 0.1) is 17.7 Å². The van der Waals surface area contributed by atoms with Crippen molar-refractivity contribution >= 4 is 17.8 Å². The number of phenols is 1. The van der Waals surface area contributed by atoms with E-state index in [4.69, 9.17) is 4.74 Å². The van der Waals surface area contributed by atoms with Crippen LogP contribution in [0.3, 0.4) is 0 Å². The van der Waals surface area contributed by atoms with Crippen molar-refractivity contribution in [2.24, 2.45) is 11.8 Å². The van der Waals surface area contributed by atoms with E-state index in [2.05, 4.69) is 5.32 Å². The molecule has 2 aliphatic heterocycles.